The van der Waals surface area contributed by atoms with E-state index in [0.717, 1.165) is 25.7 Å². The van der Waals surface area contributed by atoms with Gasteiger partial charge in [0.15, 0.2) is 0 Å². The third-order valence-corrected chi connectivity index (χ3v) is 3.14. The van der Waals surface area contributed by atoms with E-state index in [4.69, 9.17) is 0 Å². The Kier molecular flexibility index (Phi) is 8.59. The number of carbonyl (C=O) groups is 3. The Morgan fingerprint density at radius 2 is 1.80 bits per heavy atom. The minimum Gasteiger partial charge on any atom is -0.480 e. The number of carboxylic acids is 1. The smallest absolute Gasteiger partial charge is 0.329 e. The summed E-state index contributed by atoms with van der Waals surface area (Å²) < 4.78 is 0. The van der Waals surface area contributed by atoms with Crippen molar-refractivity contribution in [2.75, 3.05) is 6.54 Å². The fourth-order valence-electron chi connectivity index (χ4n) is 1.85. The summed E-state index contributed by atoms with van der Waals surface area (Å²) in [5, 5.41) is 14.3. The average molecular weight is 286 g/mol. The summed E-state index contributed by atoms with van der Waals surface area (Å²) in [4.78, 5) is 33.7. The van der Waals surface area contributed by atoms with Gasteiger partial charge in [-0.25, -0.2) is 4.79 Å². The largest absolute Gasteiger partial charge is 0.480 e. The Morgan fingerprint density at radius 3 is 2.30 bits per heavy atom. The molecular formula is C14H26N2O4. The Bertz CT molecular complexity index is 344. The van der Waals surface area contributed by atoms with E-state index >= 15 is 0 Å². The molecule has 6 nitrogen and oxygen atoms in total. The zero-order valence-electron chi connectivity index (χ0n) is 12.6. The number of hydrogen-bond donors (Lipinski definition) is 3. The van der Waals surface area contributed by atoms with E-state index in [1.54, 1.807) is 0 Å². The average Bonchev–Trinajstić information content (AvgIpc) is 2.34. The van der Waals surface area contributed by atoms with Crippen molar-refractivity contribution in [3.8, 4) is 0 Å². The zero-order valence-corrected chi connectivity index (χ0v) is 12.6. The van der Waals surface area contributed by atoms with E-state index in [-0.39, 0.29) is 24.8 Å². The molecule has 0 aromatic heterocycles. The molecule has 116 valence electrons. The highest BCUT2D eigenvalue weighted by Crippen LogP contribution is 2.16. The molecule has 0 aliphatic heterocycles. The highest BCUT2D eigenvalue weighted by molar-refractivity contribution is 5.86. The minimum absolute atomic E-state index is 0.0808. The molecule has 2 amide bonds. The van der Waals surface area contributed by atoms with Gasteiger partial charge in [0.25, 0.3) is 0 Å². The lowest BCUT2D eigenvalue weighted by molar-refractivity contribution is -0.147. The van der Waals surface area contributed by atoms with E-state index in [1.165, 1.54) is 13.8 Å². The number of carboxylic acid groups (broad SMARTS) is 1. The lowest BCUT2D eigenvalue weighted by atomic mass is 9.94. The molecule has 1 atom stereocenters. The number of aliphatic carboxylic acids is 1. The molecule has 0 radical (unpaired) electrons. The van der Waals surface area contributed by atoms with Gasteiger partial charge in [-0.15, -0.1) is 0 Å². The van der Waals surface area contributed by atoms with Gasteiger partial charge < -0.3 is 15.7 Å². The van der Waals surface area contributed by atoms with Crippen LogP contribution in [0.4, 0.5) is 0 Å². The first-order valence-electron chi connectivity index (χ1n) is 7.10. The Morgan fingerprint density at radius 1 is 1.15 bits per heavy atom. The Hall–Kier alpha value is -1.59. The molecule has 0 unspecified atom stereocenters. The van der Waals surface area contributed by atoms with Gasteiger partial charge in [-0.05, 0) is 13.3 Å². The monoisotopic (exact) mass is 286 g/mol. The lowest BCUT2D eigenvalue weighted by Gasteiger charge is -2.26. The van der Waals surface area contributed by atoms with E-state index in [1.807, 2.05) is 0 Å². The number of nitrogens with one attached hydrogen (secondary N) is 2. The second-order valence-electron chi connectivity index (χ2n) is 5.23. The van der Waals surface area contributed by atoms with Crippen molar-refractivity contribution in [3.63, 3.8) is 0 Å². The molecule has 0 fully saturated rings. The van der Waals surface area contributed by atoms with Crippen LogP contribution >= 0.6 is 0 Å². The first-order chi connectivity index (χ1) is 9.31. The van der Waals surface area contributed by atoms with E-state index in [2.05, 4.69) is 17.6 Å². The standard InChI is InChI=1S/C14H26N2O4/c1-4-5-6-7-9-14(3,13(19)20)16-12(18)8-10-15-11(2)17/h4-10H2,1-3H3,(H,15,17)(H,16,18)(H,19,20)/t14-/m0/s1. The first-order valence-corrected chi connectivity index (χ1v) is 7.10. The number of amides is 2. The zero-order chi connectivity index (χ0) is 15.6. The van der Waals surface area contributed by atoms with Gasteiger partial charge in [0, 0.05) is 19.9 Å². The van der Waals surface area contributed by atoms with Gasteiger partial charge in [-0.1, -0.05) is 32.6 Å². The maximum Gasteiger partial charge on any atom is 0.329 e. The van der Waals surface area contributed by atoms with Gasteiger partial charge in [0.2, 0.25) is 11.8 Å². The van der Waals surface area contributed by atoms with Crippen LogP contribution in [0.15, 0.2) is 0 Å². The van der Waals surface area contributed by atoms with Gasteiger partial charge in [0.1, 0.15) is 5.54 Å². The molecule has 0 aliphatic carbocycles. The van der Waals surface area contributed by atoms with Gasteiger partial charge >= 0.3 is 5.97 Å². The molecule has 0 spiro atoms. The summed E-state index contributed by atoms with van der Waals surface area (Å²) in [5.74, 6) is -1.60. The fourth-order valence-corrected chi connectivity index (χ4v) is 1.85. The predicted octanol–water partition coefficient (Wildman–Crippen LogP) is 1.44. The van der Waals surface area contributed by atoms with Crippen LogP contribution in [0.3, 0.4) is 0 Å². The SMILES string of the molecule is CCCCCC[C@](C)(NC(=O)CCNC(C)=O)C(=O)O. The van der Waals surface area contributed by atoms with Crippen molar-refractivity contribution in [3.05, 3.63) is 0 Å². The summed E-state index contributed by atoms with van der Waals surface area (Å²) in [6.45, 7) is 5.19. The van der Waals surface area contributed by atoms with Crippen LogP contribution < -0.4 is 10.6 Å². The maximum absolute atomic E-state index is 11.7. The summed E-state index contributed by atoms with van der Waals surface area (Å²) in [6, 6.07) is 0. The van der Waals surface area contributed by atoms with Crippen molar-refractivity contribution in [1.29, 1.82) is 0 Å². The second-order valence-corrected chi connectivity index (χ2v) is 5.23. The summed E-state index contributed by atoms with van der Waals surface area (Å²) in [6.07, 6.45) is 4.36. The molecule has 0 aliphatic rings. The molecule has 20 heavy (non-hydrogen) atoms. The molecule has 0 aromatic rings. The Balaban J connectivity index is 4.26. The molecule has 0 rings (SSSR count). The van der Waals surface area contributed by atoms with Crippen LogP contribution in [-0.2, 0) is 14.4 Å². The molecular weight excluding hydrogens is 260 g/mol. The van der Waals surface area contributed by atoms with Crippen molar-refractivity contribution in [1.82, 2.24) is 10.6 Å². The van der Waals surface area contributed by atoms with Crippen LogP contribution in [0.2, 0.25) is 0 Å². The summed E-state index contributed by atoms with van der Waals surface area (Å²) in [7, 11) is 0. The molecule has 0 aromatic carbocycles. The number of carbonyl (C=O) groups excluding carboxylic acids is 2. The van der Waals surface area contributed by atoms with E-state index in [0.29, 0.717) is 6.42 Å². The Labute approximate surface area is 120 Å². The molecule has 0 saturated carbocycles. The van der Waals surface area contributed by atoms with Crippen LogP contribution in [0.25, 0.3) is 0 Å². The maximum atomic E-state index is 11.7. The summed E-state index contributed by atoms with van der Waals surface area (Å²) >= 11 is 0. The number of rotatable bonds is 10. The minimum atomic E-state index is -1.24. The molecule has 0 bridgehead atoms. The number of hydrogen-bond acceptors (Lipinski definition) is 3. The van der Waals surface area contributed by atoms with E-state index in [9.17, 15) is 19.5 Å². The van der Waals surface area contributed by atoms with Crippen molar-refractivity contribution in [2.45, 2.75) is 64.8 Å². The van der Waals surface area contributed by atoms with Crippen LogP contribution in [0.1, 0.15) is 59.3 Å². The molecule has 3 N–H and O–H groups in total. The van der Waals surface area contributed by atoms with E-state index < -0.39 is 11.5 Å². The second kappa shape index (κ2) is 9.34. The number of unbranched alkanes of at least 4 members (excludes halogenated alkanes) is 3. The molecule has 0 heterocycles. The molecule has 6 heteroatoms. The highest BCUT2D eigenvalue weighted by Gasteiger charge is 2.33. The van der Waals surface area contributed by atoms with Crippen LogP contribution in [0, 0.1) is 0 Å². The quantitative estimate of drug-likeness (QED) is 0.530. The topological polar surface area (TPSA) is 95.5 Å². The highest BCUT2D eigenvalue weighted by atomic mass is 16.4. The first kappa shape index (κ1) is 18.4. The van der Waals surface area contributed by atoms with Crippen molar-refractivity contribution < 1.29 is 19.5 Å². The van der Waals surface area contributed by atoms with Crippen LogP contribution in [-0.4, -0.2) is 35.0 Å². The fraction of sp³-hybridized carbons (Fsp3) is 0.786. The van der Waals surface area contributed by atoms with Gasteiger partial charge in [-0.3, -0.25) is 9.59 Å². The van der Waals surface area contributed by atoms with Gasteiger partial charge in [-0.2, -0.15) is 0 Å². The molecule has 0 saturated heterocycles. The third-order valence-electron chi connectivity index (χ3n) is 3.14. The van der Waals surface area contributed by atoms with Crippen molar-refractivity contribution >= 4 is 17.8 Å². The summed E-state index contributed by atoms with van der Waals surface area (Å²) in [5.41, 5.74) is -1.24. The van der Waals surface area contributed by atoms with Crippen molar-refractivity contribution in [2.24, 2.45) is 0 Å². The normalized spacial score (nSPS) is 13.3. The third kappa shape index (κ3) is 7.76. The predicted molar refractivity (Wildman–Crippen MR) is 76.2 cm³/mol. The lowest BCUT2D eigenvalue weighted by Crippen LogP contribution is -2.52. The van der Waals surface area contributed by atoms with Crippen LogP contribution in [0.5, 0.6) is 0 Å². The van der Waals surface area contributed by atoms with Gasteiger partial charge in [0.05, 0.1) is 0 Å².